The lowest BCUT2D eigenvalue weighted by molar-refractivity contribution is 0.0503. The lowest BCUT2D eigenvalue weighted by Crippen LogP contribution is -2.42. The molecule has 0 heterocycles. The molecule has 6 nitrogen and oxygen atoms in total. The van der Waals surface area contributed by atoms with Crippen molar-refractivity contribution in [3.63, 3.8) is 0 Å². The van der Waals surface area contributed by atoms with Crippen LogP contribution >= 0.6 is 24.0 Å². The number of rotatable bonds is 7. The van der Waals surface area contributed by atoms with E-state index in [2.05, 4.69) is 22.5 Å². The van der Waals surface area contributed by atoms with Gasteiger partial charge in [0.2, 0.25) is 0 Å². The van der Waals surface area contributed by atoms with Gasteiger partial charge in [0.15, 0.2) is 5.96 Å². The number of nitrogens with zero attached hydrogens (tertiary/aromatic N) is 1. The second kappa shape index (κ2) is 10.9. The van der Waals surface area contributed by atoms with Gasteiger partial charge in [-0.1, -0.05) is 19.8 Å². The van der Waals surface area contributed by atoms with Crippen molar-refractivity contribution in [1.29, 1.82) is 0 Å². The van der Waals surface area contributed by atoms with Gasteiger partial charge in [-0.3, -0.25) is 4.99 Å². The summed E-state index contributed by atoms with van der Waals surface area (Å²) in [7, 11) is 0. The zero-order valence-electron chi connectivity index (χ0n) is 14.9. The maximum atomic E-state index is 11.8. The van der Waals surface area contributed by atoms with E-state index in [4.69, 9.17) is 10.5 Å². The number of carbonyl (C=O) groups excluding carboxylic acids is 1. The lowest BCUT2D eigenvalue weighted by atomic mass is 9.85. The molecule has 1 rings (SSSR count). The number of nitrogens with two attached hydrogens (primary N) is 1. The predicted molar refractivity (Wildman–Crippen MR) is 105 cm³/mol. The van der Waals surface area contributed by atoms with Crippen LogP contribution in [0.25, 0.3) is 0 Å². The number of guanidine groups is 1. The minimum absolute atomic E-state index is 0. The highest BCUT2D eigenvalue weighted by Gasteiger charge is 2.19. The van der Waals surface area contributed by atoms with Crippen molar-refractivity contribution >= 4 is 36.0 Å². The first-order valence-corrected chi connectivity index (χ1v) is 8.33. The van der Waals surface area contributed by atoms with E-state index < -0.39 is 11.7 Å². The summed E-state index contributed by atoms with van der Waals surface area (Å²) in [5.74, 6) is 1.19. The Morgan fingerprint density at radius 3 is 2.52 bits per heavy atom. The van der Waals surface area contributed by atoms with Crippen molar-refractivity contribution in [2.45, 2.75) is 71.4 Å². The number of carbonyl (C=O) groups is 1. The fraction of sp³-hybridized carbons (Fsp3) is 0.875. The molecule has 1 aliphatic rings. The monoisotopic (exact) mass is 440 g/mol. The maximum absolute atomic E-state index is 11.8. The second-order valence-corrected chi connectivity index (χ2v) is 7.04. The fourth-order valence-electron chi connectivity index (χ4n) is 2.24. The average molecular weight is 440 g/mol. The Kier molecular flexibility index (Phi) is 10.6. The molecule has 1 atom stereocenters. The van der Waals surface area contributed by atoms with Crippen LogP contribution in [0.5, 0.6) is 0 Å². The Hall–Kier alpha value is -0.730. The first-order valence-electron chi connectivity index (χ1n) is 8.33. The second-order valence-electron chi connectivity index (χ2n) is 7.04. The van der Waals surface area contributed by atoms with Gasteiger partial charge in [0, 0.05) is 6.54 Å². The number of halogens is 1. The van der Waals surface area contributed by atoms with E-state index in [0.29, 0.717) is 12.5 Å². The standard InChI is InChI=1S/C16H32N4O2.HI/c1-5-7-13(20-15(21)22-16(2,3)4)11-19-14(17)18-10-12-8-6-9-12;/h12-13H,5-11H2,1-4H3,(H,20,21)(H3,17,18,19);1H. The van der Waals surface area contributed by atoms with Gasteiger partial charge in [-0.25, -0.2) is 4.79 Å². The number of nitrogens with one attached hydrogen (secondary N) is 2. The van der Waals surface area contributed by atoms with Crippen LogP contribution in [-0.2, 0) is 4.74 Å². The third-order valence-electron chi connectivity index (χ3n) is 3.64. The molecular formula is C16H33IN4O2. The largest absolute Gasteiger partial charge is 0.444 e. The predicted octanol–water partition coefficient (Wildman–Crippen LogP) is 3.00. The van der Waals surface area contributed by atoms with E-state index in [1.807, 2.05) is 20.8 Å². The van der Waals surface area contributed by atoms with Gasteiger partial charge in [0.05, 0.1) is 12.6 Å². The van der Waals surface area contributed by atoms with Crippen LogP contribution in [0.1, 0.15) is 59.8 Å². The number of alkyl carbamates (subject to hydrolysis) is 1. The van der Waals surface area contributed by atoms with Crippen molar-refractivity contribution in [3.8, 4) is 0 Å². The van der Waals surface area contributed by atoms with Gasteiger partial charge >= 0.3 is 6.09 Å². The minimum Gasteiger partial charge on any atom is -0.444 e. The molecule has 0 aliphatic heterocycles. The Bertz CT molecular complexity index is 379. The van der Waals surface area contributed by atoms with Crippen molar-refractivity contribution in [2.24, 2.45) is 16.6 Å². The Morgan fingerprint density at radius 1 is 1.39 bits per heavy atom. The quantitative estimate of drug-likeness (QED) is 0.323. The van der Waals surface area contributed by atoms with Crippen molar-refractivity contribution in [3.05, 3.63) is 0 Å². The van der Waals surface area contributed by atoms with Crippen molar-refractivity contribution in [2.75, 3.05) is 13.1 Å². The van der Waals surface area contributed by atoms with E-state index in [1.165, 1.54) is 19.3 Å². The molecule has 4 N–H and O–H groups in total. The Labute approximate surface area is 157 Å². The van der Waals surface area contributed by atoms with Crippen LogP contribution in [0.15, 0.2) is 4.99 Å². The minimum atomic E-state index is -0.493. The van der Waals surface area contributed by atoms with E-state index in [9.17, 15) is 4.79 Å². The van der Waals surface area contributed by atoms with Gasteiger partial charge in [0.25, 0.3) is 0 Å². The first kappa shape index (κ1) is 22.3. The highest BCUT2D eigenvalue weighted by atomic mass is 127. The number of aliphatic imine (C=N–C) groups is 1. The SMILES string of the molecule is CCCC(CN=C(N)NCC1CCC1)NC(=O)OC(C)(C)C.I. The van der Waals surface area contributed by atoms with Crippen LogP contribution in [0.3, 0.4) is 0 Å². The summed E-state index contributed by atoms with van der Waals surface area (Å²) >= 11 is 0. The molecular weight excluding hydrogens is 407 g/mol. The first-order chi connectivity index (χ1) is 10.3. The highest BCUT2D eigenvalue weighted by Crippen LogP contribution is 2.24. The topological polar surface area (TPSA) is 88.7 Å². The molecule has 7 heteroatoms. The summed E-state index contributed by atoms with van der Waals surface area (Å²) in [4.78, 5) is 16.2. The molecule has 1 unspecified atom stereocenters. The van der Waals surface area contributed by atoms with E-state index in [1.54, 1.807) is 0 Å². The molecule has 1 aliphatic carbocycles. The van der Waals surface area contributed by atoms with Crippen LogP contribution in [0.2, 0.25) is 0 Å². The third kappa shape index (κ3) is 10.6. The van der Waals surface area contributed by atoms with E-state index in [-0.39, 0.29) is 30.0 Å². The van der Waals surface area contributed by atoms with Crippen LogP contribution in [-0.4, -0.2) is 36.8 Å². The molecule has 1 saturated carbocycles. The van der Waals surface area contributed by atoms with Gasteiger partial charge in [-0.2, -0.15) is 0 Å². The third-order valence-corrected chi connectivity index (χ3v) is 3.64. The average Bonchev–Trinajstić information content (AvgIpc) is 2.32. The van der Waals surface area contributed by atoms with Gasteiger partial charge in [-0.05, 0) is 46.0 Å². The Morgan fingerprint density at radius 2 is 2.04 bits per heavy atom. The summed E-state index contributed by atoms with van der Waals surface area (Å²) in [5, 5.41) is 6.02. The molecule has 0 radical (unpaired) electrons. The molecule has 1 amide bonds. The zero-order valence-corrected chi connectivity index (χ0v) is 17.2. The molecule has 0 aromatic heterocycles. The molecule has 136 valence electrons. The number of amides is 1. The van der Waals surface area contributed by atoms with Crippen LogP contribution in [0, 0.1) is 5.92 Å². The van der Waals surface area contributed by atoms with Crippen LogP contribution < -0.4 is 16.4 Å². The van der Waals surface area contributed by atoms with Crippen LogP contribution in [0.4, 0.5) is 4.79 Å². The number of hydrogen-bond donors (Lipinski definition) is 3. The fourth-order valence-corrected chi connectivity index (χ4v) is 2.24. The van der Waals surface area contributed by atoms with Gasteiger partial charge < -0.3 is 21.1 Å². The molecule has 1 fully saturated rings. The molecule has 0 bridgehead atoms. The zero-order chi connectivity index (χ0) is 16.6. The number of ether oxygens (including phenoxy) is 1. The normalized spacial score (nSPS) is 16.8. The number of hydrogen-bond acceptors (Lipinski definition) is 3. The lowest BCUT2D eigenvalue weighted by Gasteiger charge is -2.25. The highest BCUT2D eigenvalue weighted by molar-refractivity contribution is 14.0. The summed E-state index contributed by atoms with van der Waals surface area (Å²) in [6.07, 6.45) is 5.28. The summed E-state index contributed by atoms with van der Waals surface area (Å²) in [6.45, 7) is 8.99. The summed E-state index contributed by atoms with van der Waals surface area (Å²) in [6, 6.07) is -0.0519. The van der Waals surface area contributed by atoms with E-state index >= 15 is 0 Å². The molecule has 0 aromatic carbocycles. The van der Waals surface area contributed by atoms with Gasteiger partial charge in [0.1, 0.15) is 5.60 Å². The maximum Gasteiger partial charge on any atom is 0.407 e. The summed E-state index contributed by atoms with van der Waals surface area (Å²) < 4.78 is 5.28. The smallest absolute Gasteiger partial charge is 0.407 e. The summed E-state index contributed by atoms with van der Waals surface area (Å²) in [5.41, 5.74) is 5.38. The van der Waals surface area contributed by atoms with Crippen molar-refractivity contribution < 1.29 is 9.53 Å². The molecule has 23 heavy (non-hydrogen) atoms. The molecule has 0 saturated heterocycles. The van der Waals surface area contributed by atoms with Gasteiger partial charge in [-0.15, -0.1) is 24.0 Å². The molecule has 0 aromatic rings. The van der Waals surface area contributed by atoms with Crippen molar-refractivity contribution in [1.82, 2.24) is 10.6 Å². The molecule has 0 spiro atoms. The Balaban J connectivity index is 0.00000484. The van der Waals surface area contributed by atoms with E-state index in [0.717, 1.165) is 25.3 Å².